The monoisotopic (exact) mass is 239 g/mol. The maximum atomic E-state index is 10.6. The molecule has 1 fully saturated rings. The zero-order valence-corrected chi connectivity index (χ0v) is 9.37. The molecule has 92 valence electrons. The van der Waals surface area contributed by atoms with Crippen LogP contribution in [0.5, 0.6) is 0 Å². The average molecular weight is 239 g/mol. The SMILES string of the molecule is O=Nc1oc(/C=[N+](\O)CCO)cc1C1CCC1. The molecular weight excluding hydrogens is 224 g/mol. The van der Waals surface area contributed by atoms with Gasteiger partial charge >= 0.3 is 0 Å². The molecule has 0 bridgehead atoms. The molecule has 0 aliphatic heterocycles. The number of nitrogens with zero attached hydrogens (tertiary/aromatic N) is 2. The molecule has 1 aromatic heterocycles. The van der Waals surface area contributed by atoms with Crippen molar-refractivity contribution < 1.29 is 19.5 Å². The number of furan rings is 1. The second kappa shape index (κ2) is 5.09. The first kappa shape index (κ1) is 11.8. The van der Waals surface area contributed by atoms with Crippen molar-refractivity contribution in [1.29, 1.82) is 0 Å². The molecule has 6 heteroatoms. The minimum Gasteiger partial charge on any atom is -0.430 e. The third-order valence-corrected chi connectivity index (χ3v) is 2.99. The van der Waals surface area contributed by atoms with Crippen LogP contribution < -0.4 is 0 Å². The molecule has 0 radical (unpaired) electrons. The van der Waals surface area contributed by atoms with Gasteiger partial charge < -0.3 is 9.52 Å². The Balaban J connectivity index is 2.21. The van der Waals surface area contributed by atoms with Crippen LogP contribution in [0, 0.1) is 4.91 Å². The zero-order valence-electron chi connectivity index (χ0n) is 9.37. The quantitative estimate of drug-likeness (QED) is 0.269. The zero-order chi connectivity index (χ0) is 12.3. The standard InChI is InChI=1S/C11H15N2O4/c14-5-4-13(16)7-9-6-10(8-2-1-3-8)11(12-15)17-9/h6-8,14,16H,1-5H2/q+1. The molecule has 2 N–H and O–H groups in total. The molecule has 1 aliphatic rings. The molecule has 0 unspecified atom stereocenters. The number of aliphatic hydroxyl groups is 1. The van der Waals surface area contributed by atoms with E-state index in [1.54, 1.807) is 6.07 Å². The van der Waals surface area contributed by atoms with Crippen molar-refractivity contribution in [1.82, 2.24) is 0 Å². The van der Waals surface area contributed by atoms with Gasteiger partial charge in [0.1, 0.15) is 6.61 Å². The topological polar surface area (TPSA) is 86.0 Å². The molecule has 1 aromatic rings. The van der Waals surface area contributed by atoms with Crippen LogP contribution >= 0.6 is 0 Å². The first-order valence-corrected chi connectivity index (χ1v) is 5.63. The number of hydroxylamine groups is 1. The Morgan fingerprint density at radius 3 is 2.88 bits per heavy atom. The first-order chi connectivity index (χ1) is 8.24. The predicted octanol–water partition coefficient (Wildman–Crippen LogP) is 1.76. The van der Waals surface area contributed by atoms with Crippen LogP contribution in [0.15, 0.2) is 15.7 Å². The van der Waals surface area contributed by atoms with Crippen LogP contribution in [0.1, 0.15) is 36.5 Å². The molecule has 6 nitrogen and oxygen atoms in total. The van der Waals surface area contributed by atoms with E-state index in [-0.39, 0.29) is 19.0 Å². The van der Waals surface area contributed by atoms with E-state index in [4.69, 9.17) is 9.52 Å². The van der Waals surface area contributed by atoms with Gasteiger partial charge in [-0.3, -0.25) is 5.21 Å². The third kappa shape index (κ3) is 2.52. The summed E-state index contributed by atoms with van der Waals surface area (Å²) >= 11 is 0. The van der Waals surface area contributed by atoms with E-state index >= 15 is 0 Å². The van der Waals surface area contributed by atoms with Gasteiger partial charge in [0, 0.05) is 10.7 Å². The average Bonchev–Trinajstić information content (AvgIpc) is 2.58. The van der Waals surface area contributed by atoms with Crippen LogP contribution in [-0.2, 0) is 0 Å². The Labute approximate surface area is 98.1 Å². The van der Waals surface area contributed by atoms with E-state index in [2.05, 4.69) is 5.18 Å². The summed E-state index contributed by atoms with van der Waals surface area (Å²) in [6, 6.07) is 1.72. The lowest BCUT2D eigenvalue weighted by molar-refractivity contribution is -0.771. The summed E-state index contributed by atoms with van der Waals surface area (Å²) in [5.41, 5.74) is 0.815. The summed E-state index contributed by atoms with van der Waals surface area (Å²) in [7, 11) is 0. The van der Waals surface area contributed by atoms with Gasteiger partial charge in [-0.15, -0.1) is 4.91 Å². The van der Waals surface area contributed by atoms with Crippen molar-refractivity contribution >= 4 is 12.1 Å². The maximum absolute atomic E-state index is 10.6. The minimum absolute atomic E-state index is 0.0866. The molecule has 0 saturated heterocycles. The van der Waals surface area contributed by atoms with Gasteiger partial charge in [-0.25, -0.2) is 0 Å². The summed E-state index contributed by atoms with van der Waals surface area (Å²) < 4.78 is 6.04. The highest BCUT2D eigenvalue weighted by molar-refractivity contribution is 5.73. The molecule has 0 amide bonds. The van der Waals surface area contributed by atoms with Crippen molar-refractivity contribution in [3.63, 3.8) is 0 Å². The molecule has 0 aromatic carbocycles. The highest BCUT2D eigenvalue weighted by atomic mass is 16.5. The largest absolute Gasteiger partial charge is 0.430 e. The van der Waals surface area contributed by atoms with E-state index < -0.39 is 0 Å². The van der Waals surface area contributed by atoms with Crippen LogP contribution in [0.2, 0.25) is 0 Å². The van der Waals surface area contributed by atoms with E-state index in [9.17, 15) is 10.1 Å². The molecule has 1 heterocycles. The molecule has 0 spiro atoms. The number of hydrogen-bond donors (Lipinski definition) is 2. The van der Waals surface area contributed by atoms with Crippen molar-refractivity contribution in [2.45, 2.75) is 25.2 Å². The smallest absolute Gasteiger partial charge is 0.264 e. The highest BCUT2D eigenvalue weighted by Gasteiger charge is 2.26. The molecule has 1 saturated carbocycles. The highest BCUT2D eigenvalue weighted by Crippen LogP contribution is 2.42. The predicted molar refractivity (Wildman–Crippen MR) is 59.9 cm³/mol. The fourth-order valence-electron chi connectivity index (χ4n) is 1.88. The fraction of sp³-hybridized carbons (Fsp3) is 0.545. The van der Waals surface area contributed by atoms with E-state index in [0.29, 0.717) is 11.7 Å². The van der Waals surface area contributed by atoms with Crippen molar-refractivity contribution in [2.75, 3.05) is 13.2 Å². The van der Waals surface area contributed by atoms with Crippen molar-refractivity contribution in [3.8, 4) is 0 Å². The number of hydrogen-bond acceptors (Lipinski definition) is 5. The van der Waals surface area contributed by atoms with Crippen LogP contribution in [-0.4, -0.2) is 34.4 Å². The second-order valence-electron chi connectivity index (χ2n) is 4.14. The lowest BCUT2D eigenvalue weighted by atomic mass is 9.81. The second-order valence-corrected chi connectivity index (χ2v) is 4.14. The maximum Gasteiger partial charge on any atom is 0.264 e. The Kier molecular flexibility index (Phi) is 3.53. The Bertz CT molecular complexity index is 435. The Morgan fingerprint density at radius 2 is 2.35 bits per heavy atom. The summed E-state index contributed by atoms with van der Waals surface area (Å²) in [6.07, 6.45) is 4.57. The Morgan fingerprint density at radius 1 is 1.59 bits per heavy atom. The van der Waals surface area contributed by atoms with E-state index in [1.165, 1.54) is 6.21 Å². The lowest BCUT2D eigenvalue weighted by Crippen LogP contribution is -2.13. The van der Waals surface area contributed by atoms with Gasteiger partial charge in [0.25, 0.3) is 12.1 Å². The lowest BCUT2D eigenvalue weighted by Gasteiger charge is -2.23. The summed E-state index contributed by atoms with van der Waals surface area (Å²) in [6.45, 7) is -0.0781. The van der Waals surface area contributed by atoms with Gasteiger partial charge in [0.2, 0.25) is 6.54 Å². The molecule has 0 atom stereocenters. The third-order valence-electron chi connectivity index (χ3n) is 2.99. The normalized spacial score (nSPS) is 16.9. The van der Waals surface area contributed by atoms with Crippen molar-refractivity contribution in [3.05, 3.63) is 22.3 Å². The first-order valence-electron chi connectivity index (χ1n) is 5.63. The van der Waals surface area contributed by atoms with Crippen LogP contribution in [0.25, 0.3) is 0 Å². The molecule has 2 rings (SSSR count). The molecule has 1 aliphatic carbocycles. The number of rotatable bonds is 5. The van der Waals surface area contributed by atoms with Gasteiger partial charge in [-0.2, -0.15) is 0 Å². The van der Waals surface area contributed by atoms with E-state index in [1.807, 2.05) is 0 Å². The minimum atomic E-state index is -0.165. The van der Waals surface area contributed by atoms with Gasteiger partial charge in [-0.05, 0) is 29.6 Å². The van der Waals surface area contributed by atoms with Crippen LogP contribution in [0.4, 0.5) is 5.88 Å². The van der Waals surface area contributed by atoms with Crippen molar-refractivity contribution in [2.24, 2.45) is 5.18 Å². The number of nitroso groups, excluding NO2 is 1. The number of aliphatic hydroxyl groups excluding tert-OH is 1. The molecular formula is C11H15N2O4+. The molecule has 17 heavy (non-hydrogen) atoms. The summed E-state index contributed by atoms with van der Waals surface area (Å²) in [5, 5.41) is 20.8. The fourth-order valence-corrected chi connectivity index (χ4v) is 1.88. The summed E-state index contributed by atoms with van der Waals surface area (Å²) in [5.74, 6) is 0.814. The van der Waals surface area contributed by atoms with E-state index in [0.717, 1.165) is 29.6 Å². The van der Waals surface area contributed by atoms with Gasteiger partial charge in [0.05, 0.1) is 0 Å². The van der Waals surface area contributed by atoms with Gasteiger partial charge in [0.15, 0.2) is 5.76 Å². The summed E-state index contributed by atoms with van der Waals surface area (Å²) in [4.78, 5) is 10.6. The van der Waals surface area contributed by atoms with Gasteiger partial charge in [-0.1, -0.05) is 6.42 Å². The van der Waals surface area contributed by atoms with Crippen LogP contribution in [0.3, 0.4) is 0 Å². The Hall–Kier alpha value is -1.69.